The molecule has 0 saturated carbocycles. The Hall–Kier alpha value is -3.39. The molecular formula is C24H27BrF2N6O5. The largest absolute Gasteiger partial charge is 0.387 e. The third-order valence-electron chi connectivity index (χ3n) is 6.50. The number of piperidine rings is 1. The van der Waals surface area contributed by atoms with E-state index in [1.807, 2.05) is 0 Å². The Balaban J connectivity index is 1.59. The van der Waals surface area contributed by atoms with Gasteiger partial charge in [-0.25, -0.2) is 8.78 Å². The van der Waals surface area contributed by atoms with Crippen LogP contribution in [0.4, 0.5) is 25.8 Å². The molecule has 0 bridgehead atoms. The molecule has 11 nitrogen and oxygen atoms in total. The molecule has 2 fully saturated rings. The number of carbonyl (C=O) groups is 2. The quantitative estimate of drug-likeness (QED) is 0.366. The molecule has 0 spiro atoms. The predicted octanol–water partition coefficient (Wildman–Crippen LogP) is 3.62. The van der Waals surface area contributed by atoms with Crippen LogP contribution >= 0.6 is 15.9 Å². The van der Waals surface area contributed by atoms with Crippen molar-refractivity contribution in [2.45, 2.75) is 31.4 Å². The van der Waals surface area contributed by atoms with Crippen molar-refractivity contribution in [2.75, 3.05) is 50.5 Å². The molecule has 0 radical (unpaired) electrons. The molecule has 2 aliphatic rings. The number of halogens is 3. The number of anilines is 2. The Morgan fingerprint density at radius 3 is 2.66 bits per heavy atom. The highest BCUT2D eigenvalue weighted by Crippen LogP contribution is 2.35. The molecule has 0 unspecified atom stereocenters. The second kappa shape index (κ2) is 12.0. The van der Waals surface area contributed by atoms with Gasteiger partial charge >= 0.3 is 0 Å². The summed E-state index contributed by atoms with van der Waals surface area (Å²) >= 11 is 3.22. The number of pyridine rings is 1. The minimum atomic E-state index is -2.77. The fourth-order valence-electron chi connectivity index (χ4n) is 4.60. The number of morpholine rings is 1. The lowest BCUT2D eigenvalue weighted by molar-refractivity contribution is -0.384. The van der Waals surface area contributed by atoms with Crippen LogP contribution in [0.1, 0.15) is 33.6 Å². The van der Waals surface area contributed by atoms with Crippen LogP contribution in [0.25, 0.3) is 0 Å². The Morgan fingerprint density at radius 1 is 1.18 bits per heavy atom. The second-order valence-electron chi connectivity index (χ2n) is 9.05. The van der Waals surface area contributed by atoms with Crippen molar-refractivity contribution < 1.29 is 28.0 Å². The zero-order chi connectivity index (χ0) is 27.4. The molecule has 2 aliphatic heterocycles. The fraction of sp³-hybridized carbons (Fsp3) is 0.458. The molecule has 204 valence electrons. The lowest BCUT2D eigenvalue weighted by Crippen LogP contribution is -2.48. The molecule has 2 amide bonds. The summed E-state index contributed by atoms with van der Waals surface area (Å²) in [6.45, 7) is 0.421. The van der Waals surface area contributed by atoms with Crippen LogP contribution in [0.2, 0.25) is 0 Å². The van der Waals surface area contributed by atoms with Gasteiger partial charge in [0, 0.05) is 55.7 Å². The summed E-state index contributed by atoms with van der Waals surface area (Å²) in [5, 5.41) is 18.0. The minimum absolute atomic E-state index is 0.0126. The molecule has 1 aromatic heterocycles. The topological polar surface area (TPSA) is 130 Å². The maximum absolute atomic E-state index is 13.4. The summed E-state index contributed by atoms with van der Waals surface area (Å²) in [7, 11) is 1.72. The van der Waals surface area contributed by atoms with Gasteiger partial charge in [-0.2, -0.15) is 0 Å². The van der Waals surface area contributed by atoms with Gasteiger partial charge < -0.3 is 25.2 Å². The van der Waals surface area contributed by atoms with E-state index in [1.54, 1.807) is 24.2 Å². The third-order valence-corrected chi connectivity index (χ3v) is 6.96. The van der Waals surface area contributed by atoms with Gasteiger partial charge in [-0.05, 0) is 25.0 Å². The van der Waals surface area contributed by atoms with E-state index in [0.29, 0.717) is 35.1 Å². The maximum Gasteiger partial charge on any atom is 0.294 e. The second-order valence-corrected chi connectivity index (χ2v) is 9.96. The first-order chi connectivity index (χ1) is 18.2. The average Bonchev–Trinajstić information content (AvgIpc) is 2.93. The summed E-state index contributed by atoms with van der Waals surface area (Å²) in [6.07, 6.45) is 0.113. The predicted molar refractivity (Wildman–Crippen MR) is 139 cm³/mol. The van der Waals surface area contributed by atoms with Crippen LogP contribution in [0, 0.1) is 10.1 Å². The smallest absolute Gasteiger partial charge is 0.294 e. The molecule has 0 aliphatic carbocycles. The van der Waals surface area contributed by atoms with Crippen molar-refractivity contribution in [3.05, 3.63) is 56.3 Å². The van der Waals surface area contributed by atoms with Crippen molar-refractivity contribution in [1.82, 2.24) is 14.8 Å². The van der Waals surface area contributed by atoms with Crippen molar-refractivity contribution >= 4 is 44.8 Å². The number of nitrogens with one attached hydrogen (secondary N) is 2. The van der Waals surface area contributed by atoms with Gasteiger partial charge in [-0.3, -0.25) is 24.7 Å². The van der Waals surface area contributed by atoms with Crippen LogP contribution in [0.5, 0.6) is 0 Å². The first-order valence-corrected chi connectivity index (χ1v) is 12.8. The van der Waals surface area contributed by atoms with Gasteiger partial charge in [0.1, 0.15) is 11.8 Å². The van der Waals surface area contributed by atoms with Gasteiger partial charge in [-0.15, -0.1) is 0 Å². The molecule has 3 heterocycles. The van der Waals surface area contributed by atoms with E-state index in [4.69, 9.17) is 4.74 Å². The number of hydrogen-bond donors (Lipinski definition) is 2. The highest BCUT2D eigenvalue weighted by Gasteiger charge is 2.34. The summed E-state index contributed by atoms with van der Waals surface area (Å²) in [6, 6.07) is 4.02. The Bertz CT molecular complexity index is 1220. The lowest BCUT2D eigenvalue weighted by Gasteiger charge is -2.35. The van der Waals surface area contributed by atoms with Crippen LogP contribution in [0.3, 0.4) is 0 Å². The molecule has 1 aromatic carbocycles. The zero-order valence-corrected chi connectivity index (χ0v) is 22.1. The van der Waals surface area contributed by atoms with E-state index in [-0.39, 0.29) is 49.1 Å². The molecule has 4 rings (SSSR count). The Kier molecular flexibility index (Phi) is 8.72. The molecule has 14 heteroatoms. The number of ether oxygens (including phenoxy) is 1. The molecule has 2 saturated heterocycles. The Morgan fingerprint density at radius 2 is 1.95 bits per heavy atom. The zero-order valence-electron chi connectivity index (χ0n) is 20.5. The average molecular weight is 597 g/mol. The Labute approximate surface area is 225 Å². The molecule has 2 atom stereocenters. The number of nitro benzene ring substituents is 1. The number of hydrogen-bond acceptors (Lipinski definition) is 8. The standard InChI is InChI=1S/C24H27BrF2N6O5/c1-28-17-7-14(10-29-11-17)23(34)31-4-2-3-16(12-31)30-21-18(8-15(25)9-19(21)33(36)37)24(35)32-5-6-38-20(13-32)22(26)27/h7-11,16,20,22,28,30H,2-6,12-13H2,1H3/t16-,20+/m1/s1. The number of carbonyl (C=O) groups excluding carboxylic acids is 2. The number of amides is 2. The van der Waals surface area contributed by atoms with Gasteiger partial charge in [0.15, 0.2) is 0 Å². The van der Waals surface area contributed by atoms with E-state index in [1.165, 1.54) is 23.2 Å². The van der Waals surface area contributed by atoms with E-state index in [2.05, 4.69) is 31.5 Å². The highest BCUT2D eigenvalue weighted by molar-refractivity contribution is 9.10. The maximum atomic E-state index is 13.4. The number of likely N-dealkylation sites (tertiary alicyclic amines) is 1. The van der Waals surface area contributed by atoms with Crippen LogP contribution in [0.15, 0.2) is 35.1 Å². The van der Waals surface area contributed by atoms with Crippen molar-refractivity contribution in [2.24, 2.45) is 0 Å². The number of alkyl halides is 2. The van der Waals surface area contributed by atoms with E-state index in [9.17, 15) is 28.5 Å². The van der Waals surface area contributed by atoms with Crippen LogP contribution in [-0.2, 0) is 4.74 Å². The monoisotopic (exact) mass is 596 g/mol. The van der Waals surface area contributed by atoms with Crippen molar-refractivity contribution in [1.29, 1.82) is 0 Å². The molecular weight excluding hydrogens is 570 g/mol. The van der Waals surface area contributed by atoms with Crippen LogP contribution < -0.4 is 10.6 Å². The van der Waals surface area contributed by atoms with Gasteiger partial charge in [0.25, 0.3) is 23.9 Å². The molecule has 2 aromatic rings. The number of nitro groups is 1. The first-order valence-electron chi connectivity index (χ1n) is 12.0. The summed E-state index contributed by atoms with van der Waals surface area (Å²) in [4.78, 5) is 44.9. The molecule has 38 heavy (non-hydrogen) atoms. The van der Waals surface area contributed by atoms with Crippen molar-refractivity contribution in [3.63, 3.8) is 0 Å². The normalized spacial score (nSPS) is 19.8. The number of rotatable bonds is 7. The summed E-state index contributed by atoms with van der Waals surface area (Å²) in [5.41, 5.74) is 0.727. The number of aromatic nitrogens is 1. The SMILES string of the molecule is CNc1cncc(C(=O)N2CCC[C@@H](Nc3c(C(=O)N4CCO[C@H](C(F)F)C4)cc(Br)cc3[N+](=O)[O-])C2)c1. The highest BCUT2D eigenvalue weighted by atomic mass is 79.9. The lowest BCUT2D eigenvalue weighted by atomic mass is 10.0. The van der Waals surface area contributed by atoms with E-state index < -0.39 is 29.4 Å². The summed E-state index contributed by atoms with van der Waals surface area (Å²) < 4.78 is 31.8. The number of benzene rings is 1. The van der Waals surface area contributed by atoms with E-state index in [0.717, 1.165) is 0 Å². The van der Waals surface area contributed by atoms with Gasteiger partial charge in [-0.1, -0.05) is 15.9 Å². The van der Waals surface area contributed by atoms with Crippen LogP contribution in [-0.4, -0.2) is 89.9 Å². The van der Waals surface area contributed by atoms with E-state index >= 15 is 0 Å². The first kappa shape index (κ1) is 27.6. The third kappa shape index (κ3) is 6.18. The fourth-order valence-corrected chi connectivity index (χ4v) is 5.05. The number of nitrogens with zero attached hydrogens (tertiary/aromatic N) is 4. The van der Waals surface area contributed by atoms with Crippen molar-refractivity contribution in [3.8, 4) is 0 Å². The minimum Gasteiger partial charge on any atom is -0.387 e. The molecule has 2 N–H and O–H groups in total. The van der Waals surface area contributed by atoms with Gasteiger partial charge in [0.2, 0.25) is 0 Å². The van der Waals surface area contributed by atoms with Gasteiger partial charge in [0.05, 0.1) is 34.9 Å². The summed E-state index contributed by atoms with van der Waals surface area (Å²) in [5.74, 6) is -0.849.